The molecule has 0 amide bonds. The molecule has 0 radical (unpaired) electrons. The molecule has 0 unspecified atom stereocenters. The van der Waals surface area contributed by atoms with Crippen LogP contribution in [0.4, 0.5) is 0 Å². The summed E-state index contributed by atoms with van der Waals surface area (Å²) in [5.41, 5.74) is -1.41. The molecule has 25 heavy (non-hydrogen) atoms. The third-order valence-corrected chi connectivity index (χ3v) is 4.20. The smallest absolute Gasteiger partial charge is 0.337 e. The number of hydrogen-bond donors (Lipinski definition) is 4. The normalized spacial score (nSPS) is 10.3. The van der Waals surface area contributed by atoms with Gasteiger partial charge in [0, 0.05) is 4.47 Å². The SMILES string of the molecule is O=C(O)c1ccc(-c2ccc(C(=O)O)c(C(=O)O)c2Br)cc1C(=O)O. The van der Waals surface area contributed by atoms with Gasteiger partial charge < -0.3 is 20.4 Å². The quantitative estimate of drug-likeness (QED) is 0.589. The van der Waals surface area contributed by atoms with Crippen LogP contribution in [0.1, 0.15) is 41.4 Å². The van der Waals surface area contributed by atoms with Crippen molar-refractivity contribution in [3.63, 3.8) is 0 Å². The van der Waals surface area contributed by atoms with E-state index in [1.165, 1.54) is 12.1 Å². The summed E-state index contributed by atoms with van der Waals surface area (Å²) in [6.45, 7) is 0. The van der Waals surface area contributed by atoms with Gasteiger partial charge in [0.25, 0.3) is 0 Å². The van der Waals surface area contributed by atoms with Crippen molar-refractivity contribution in [1.82, 2.24) is 0 Å². The minimum Gasteiger partial charge on any atom is -0.478 e. The maximum Gasteiger partial charge on any atom is 0.337 e. The summed E-state index contributed by atoms with van der Waals surface area (Å²) >= 11 is 3.04. The Balaban J connectivity index is 2.75. The van der Waals surface area contributed by atoms with Crippen LogP contribution in [0.3, 0.4) is 0 Å². The Bertz CT molecular complexity index is 932. The van der Waals surface area contributed by atoms with Crippen LogP contribution in [-0.2, 0) is 0 Å². The average Bonchev–Trinajstić information content (AvgIpc) is 2.53. The number of halogens is 1. The second-order valence-corrected chi connectivity index (χ2v) is 5.62. The Morgan fingerprint density at radius 2 is 1.20 bits per heavy atom. The highest BCUT2D eigenvalue weighted by Gasteiger charge is 2.23. The molecule has 0 spiro atoms. The van der Waals surface area contributed by atoms with Gasteiger partial charge >= 0.3 is 23.9 Å². The molecule has 0 fully saturated rings. The highest BCUT2D eigenvalue weighted by Crippen LogP contribution is 2.34. The van der Waals surface area contributed by atoms with Crippen molar-refractivity contribution in [2.24, 2.45) is 0 Å². The number of carboxylic acid groups (broad SMARTS) is 4. The predicted octanol–water partition coefficient (Wildman–Crippen LogP) is 2.91. The largest absolute Gasteiger partial charge is 0.478 e. The molecule has 0 heterocycles. The van der Waals surface area contributed by atoms with Crippen LogP contribution in [0.2, 0.25) is 0 Å². The lowest BCUT2D eigenvalue weighted by molar-refractivity contribution is 0.0650. The molecule has 2 aromatic carbocycles. The minimum atomic E-state index is -1.48. The fourth-order valence-electron chi connectivity index (χ4n) is 2.26. The molecule has 0 bridgehead atoms. The summed E-state index contributed by atoms with van der Waals surface area (Å²) in [6.07, 6.45) is 0. The number of benzene rings is 2. The van der Waals surface area contributed by atoms with Gasteiger partial charge in [0.15, 0.2) is 0 Å². The molecule has 0 aliphatic carbocycles. The zero-order chi connectivity index (χ0) is 18.9. The van der Waals surface area contributed by atoms with E-state index >= 15 is 0 Å². The van der Waals surface area contributed by atoms with E-state index in [2.05, 4.69) is 15.9 Å². The second kappa shape index (κ2) is 6.73. The van der Waals surface area contributed by atoms with Gasteiger partial charge in [-0.15, -0.1) is 0 Å². The lowest BCUT2D eigenvalue weighted by Gasteiger charge is -2.12. The van der Waals surface area contributed by atoms with E-state index in [4.69, 9.17) is 15.3 Å². The van der Waals surface area contributed by atoms with Crippen molar-refractivity contribution in [2.75, 3.05) is 0 Å². The van der Waals surface area contributed by atoms with E-state index in [0.717, 1.165) is 18.2 Å². The van der Waals surface area contributed by atoms with E-state index in [9.17, 15) is 24.3 Å². The van der Waals surface area contributed by atoms with Crippen LogP contribution in [-0.4, -0.2) is 44.3 Å². The summed E-state index contributed by atoms with van der Waals surface area (Å²) in [5.74, 6) is -5.80. The van der Waals surface area contributed by atoms with Crippen molar-refractivity contribution >= 4 is 39.8 Å². The Morgan fingerprint density at radius 1 is 0.680 bits per heavy atom. The number of rotatable bonds is 5. The molecule has 9 heteroatoms. The molecule has 0 aromatic heterocycles. The highest BCUT2D eigenvalue weighted by molar-refractivity contribution is 9.10. The number of carbonyl (C=O) groups is 4. The summed E-state index contributed by atoms with van der Waals surface area (Å²) in [4.78, 5) is 44.9. The molecule has 2 aromatic rings. The van der Waals surface area contributed by atoms with Crippen LogP contribution < -0.4 is 0 Å². The maximum atomic E-state index is 11.4. The summed E-state index contributed by atoms with van der Waals surface area (Å²) < 4.78 is -0.0562. The minimum absolute atomic E-state index is 0.0562. The summed E-state index contributed by atoms with van der Waals surface area (Å²) in [5, 5.41) is 36.5. The molecule has 0 saturated heterocycles. The number of hydrogen-bond acceptors (Lipinski definition) is 4. The van der Waals surface area contributed by atoms with Crippen molar-refractivity contribution in [3.05, 3.63) is 57.1 Å². The predicted molar refractivity (Wildman–Crippen MR) is 87.4 cm³/mol. The molecular weight excluding hydrogens is 400 g/mol. The topological polar surface area (TPSA) is 149 Å². The van der Waals surface area contributed by atoms with Gasteiger partial charge in [0.05, 0.1) is 22.3 Å². The molecule has 4 N–H and O–H groups in total. The van der Waals surface area contributed by atoms with Gasteiger partial charge in [0.1, 0.15) is 0 Å². The lowest BCUT2D eigenvalue weighted by Crippen LogP contribution is -2.10. The molecule has 128 valence electrons. The van der Waals surface area contributed by atoms with Crippen molar-refractivity contribution in [3.8, 4) is 11.1 Å². The third-order valence-electron chi connectivity index (χ3n) is 3.38. The van der Waals surface area contributed by atoms with Crippen LogP contribution >= 0.6 is 15.9 Å². The molecule has 0 aliphatic heterocycles. The highest BCUT2D eigenvalue weighted by atomic mass is 79.9. The van der Waals surface area contributed by atoms with E-state index < -0.39 is 46.1 Å². The van der Waals surface area contributed by atoms with Gasteiger partial charge in [-0.2, -0.15) is 0 Å². The van der Waals surface area contributed by atoms with Crippen LogP contribution in [0.5, 0.6) is 0 Å². The fourth-order valence-corrected chi connectivity index (χ4v) is 3.01. The first kappa shape index (κ1) is 18.1. The van der Waals surface area contributed by atoms with Crippen molar-refractivity contribution in [2.45, 2.75) is 0 Å². The first-order chi connectivity index (χ1) is 11.6. The van der Waals surface area contributed by atoms with Gasteiger partial charge in [-0.05, 0) is 45.3 Å². The summed E-state index contributed by atoms with van der Waals surface area (Å²) in [7, 11) is 0. The number of carboxylic acids is 4. The zero-order valence-electron chi connectivity index (χ0n) is 12.2. The van der Waals surface area contributed by atoms with Gasteiger partial charge in [-0.25, -0.2) is 19.2 Å². The first-order valence-corrected chi connectivity index (χ1v) is 7.34. The summed E-state index contributed by atoms with van der Waals surface area (Å²) in [6, 6.07) is 5.86. The standard InChI is InChI=1S/C16H9BrO8/c17-12-7(3-4-9(14(20)21)11(12)16(24)25)6-1-2-8(13(18)19)10(5-6)15(22)23/h1-5H,(H,18,19)(H,20,21)(H,22,23)(H,24,25). The van der Waals surface area contributed by atoms with Crippen LogP contribution in [0, 0.1) is 0 Å². The Kier molecular flexibility index (Phi) is 4.89. The maximum absolute atomic E-state index is 11.4. The van der Waals surface area contributed by atoms with Gasteiger partial charge in [-0.3, -0.25) is 0 Å². The molecule has 0 atom stereocenters. The second-order valence-electron chi connectivity index (χ2n) is 4.83. The lowest BCUT2D eigenvalue weighted by atomic mass is 9.96. The van der Waals surface area contributed by atoms with E-state index in [0.29, 0.717) is 0 Å². The Hall–Kier alpha value is -3.20. The Labute approximate surface area is 148 Å². The van der Waals surface area contributed by atoms with Crippen molar-refractivity contribution < 1.29 is 39.6 Å². The monoisotopic (exact) mass is 408 g/mol. The van der Waals surface area contributed by atoms with Gasteiger partial charge in [-0.1, -0.05) is 12.1 Å². The molecule has 2 rings (SSSR count). The van der Waals surface area contributed by atoms with Crippen LogP contribution in [0.25, 0.3) is 11.1 Å². The fraction of sp³-hybridized carbons (Fsp3) is 0. The van der Waals surface area contributed by atoms with E-state index in [-0.39, 0.29) is 15.6 Å². The number of aromatic carboxylic acids is 4. The van der Waals surface area contributed by atoms with E-state index in [1.54, 1.807) is 0 Å². The van der Waals surface area contributed by atoms with E-state index in [1.807, 2.05) is 0 Å². The molecular formula is C16H9BrO8. The molecule has 0 aliphatic rings. The zero-order valence-corrected chi connectivity index (χ0v) is 13.8. The van der Waals surface area contributed by atoms with Gasteiger partial charge in [0.2, 0.25) is 0 Å². The third kappa shape index (κ3) is 3.36. The average molecular weight is 409 g/mol. The molecule has 8 nitrogen and oxygen atoms in total. The van der Waals surface area contributed by atoms with Crippen molar-refractivity contribution in [1.29, 1.82) is 0 Å². The Morgan fingerprint density at radius 3 is 1.68 bits per heavy atom. The molecule has 0 saturated carbocycles. The van der Waals surface area contributed by atoms with Crippen LogP contribution in [0.15, 0.2) is 34.8 Å². The first-order valence-electron chi connectivity index (χ1n) is 6.55.